The highest BCUT2D eigenvalue weighted by atomic mass is 79.9. The third-order valence-corrected chi connectivity index (χ3v) is 3.62. The van der Waals surface area contributed by atoms with Crippen molar-refractivity contribution in [2.24, 2.45) is 0 Å². The molecule has 0 heterocycles. The molecule has 0 radical (unpaired) electrons. The molecule has 0 atom stereocenters. The molecule has 0 fully saturated rings. The lowest BCUT2D eigenvalue weighted by Crippen LogP contribution is -2.22. The number of hydrogen-bond donors (Lipinski definition) is 1. The second-order valence-electron chi connectivity index (χ2n) is 4.44. The molecule has 21 heavy (non-hydrogen) atoms. The van der Waals surface area contributed by atoms with Crippen LogP contribution in [-0.2, 0) is 11.9 Å². The smallest absolute Gasteiger partial charge is 0.269 e. The van der Waals surface area contributed by atoms with E-state index in [2.05, 4.69) is 21.2 Å². The van der Waals surface area contributed by atoms with Gasteiger partial charge in [0.15, 0.2) is 0 Å². The molecule has 0 aliphatic heterocycles. The largest absolute Gasteiger partial charge is 0.348 e. The standard InChI is InChI=1S/C15H13BrN2O3/c16-9-11-1-5-13(6-2-11)15(19)17-10-12-3-7-14(8-4-12)18(20)21/h1-8H,9-10H2,(H,17,19). The summed E-state index contributed by atoms with van der Waals surface area (Å²) in [5.41, 5.74) is 2.53. The molecular weight excluding hydrogens is 336 g/mol. The van der Waals surface area contributed by atoms with Crippen LogP contribution in [0.1, 0.15) is 21.5 Å². The number of nitrogens with zero attached hydrogens (tertiary/aromatic N) is 1. The summed E-state index contributed by atoms with van der Waals surface area (Å²) in [4.78, 5) is 22.1. The molecule has 1 N–H and O–H groups in total. The van der Waals surface area contributed by atoms with Gasteiger partial charge in [0, 0.05) is 29.6 Å². The molecule has 0 spiro atoms. The van der Waals surface area contributed by atoms with Crippen molar-refractivity contribution in [2.75, 3.05) is 0 Å². The Hall–Kier alpha value is -2.21. The zero-order valence-electron chi connectivity index (χ0n) is 11.1. The fraction of sp³-hybridized carbons (Fsp3) is 0.133. The van der Waals surface area contributed by atoms with Crippen LogP contribution in [0.2, 0.25) is 0 Å². The second kappa shape index (κ2) is 6.99. The van der Waals surface area contributed by atoms with Gasteiger partial charge >= 0.3 is 0 Å². The second-order valence-corrected chi connectivity index (χ2v) is 5.00. The summed E-state index contributed by atoms with van der Waals surface area (Å²) in [6, 6.07) is 13.4. The molecule has 0 aromatic heterocycles. The number of carbonyl (C=O) groups excluding carboxylic acids is 1. The lowest BCUT2D eigenvalue weighted by atomic mass is 10.1. The van der Waals surface area contributed by atoms with Crippen molar-refractivity contribution < 1.29 is 9.72 Å². The Morgan fingerprint density at radius 2 is 1.62 bits per heavy atom. The molecule has 0 bridgehead atoms. The van der Waals surface area contributed by atoms with E-state index in [1.165, 1.54) is 12.1 Å². The van der Waals surface area contributed by atoms with E-state index >= 15 is 0 Å². The molecule has 0 aliphatic carbocycles. The number of rotatable bonds is 5. The maximum Gasteiger partial charge on any atom is 0.269 e. The van der Waals surface area contributed by atoms with Crippen LogP contribution >= 0.6 is 15.9 Å². The summed E-state index contributed by atoms with van der Waals surface area (Å²) in [6.07, 6.45) is 0. The van der Waals surface area contributed by atoms with Crippen LogP contribution < -0.4 is 5.32 Å². The average Bonchev–Trinajstić information content (AvgIpc) is 2.53. The molecule has 2 aromatic rings. The molecule has 0 saturated heterocycles. The Balaban J connectivity index is 1.95. The van der Waals surface area contributed by atoms with Crippen molar-refractivity contribution >= 4 is 27.5 Å². The predicted molar refractivity (Wildman–Crippen MR) is 83.3 cm³/mol. The average molecular weight is 349 g/mol. The van der Waals surface area contributed by atoms with E-state index in [1.807, 2.05) is 12.1 Å². The van der Waals surface area contributed by atoms with Gasteiger partial charge in [-0.05, 0) is 23.3 Å². The van der Waals surface area contributed by atoms with Crippen molar-refractivity contribution in [2.45, 2.75) is 11.9 Å². The normalized spacial score (nSPS) is 10.1. The van der Waals surface area contributed by atoms with Gasteiger partial charge in [-0.15, -0.1) is 0 Å². The van der Waals surface area contributed by atoms with E-state index in [-0.39, 0.29) is 11.6 Å². The number of hydrogen-bond acceptors (Lipinski definition) is 3. The first-order valence-electron chi connectivity index (χ1n) is 6.26. The van der Waals surface area contributed by atoms with Gasteiger partial charge in [-0.1, -0.05) is 40.2 Å². The van der Waals surface area contributed by atoms with E-state index in [4.69, 9.17) is 0 Å². The number of halogens is 1. The summed E-state index contributed by atoms with van der Waals surface area (Å²) in [5, 5.41) is 14.1. The van der Waals surface area contributed by atoms with Crippen LogP contribution in [0.3, 0.4) is 0 Å². The molecule has 108 valence electrons. The Labute approximate surface area is 130 Å². The highest BCUT2D eigenvalue weighted by molar-refractivity contribution is 9.08. The van der Waals surface area contributed by atoms with Gasteiger partial charge in [-0.25, -0.2) is 0 Å². The van der Waals surface area contributed by atoms with Crippen LogP contribution in [0.5, 0.6) is 0 Å². The Morgan fingerprint density at radius 1 is 1.05 bits per heavy atom. The van der Waals surface area contributed by atoms with E-state index in [0.29, 0.717) is 12.1 Å². The van der Waals surface area contributed by atoms with Crippen LogP contribution in [0, 0.1) is 10.1 Å². The molecule has 0 aliphatic rings. The van der Waals surface area contributed by atoms with Crippen LogP contribution in [0.15, 0.2) is 48.5 Å². The minimum Gasteiger partial charge on any atom is -0.348 e. The summed E-state index contributed by atoms with van der Waals surface area (Å²) in [6.45, 7) is 0.330. The maximum absolute atomic E-state index is 12.0. The zero-order chi connectivity index (χ0) is 15.2. The number of nitro groups is 1. The van der Waals surface area contributed by atoms with Gasteiger partial charge in [0.25, 0.3) is 11.6 Å². The summed E-state index contributed by atoms with van der Waals surface area (Å²) in [5.74, 6) is -0.172. The van der Waals surface area contributed by atoms with Crippen molar-refractivity contribution in [1.29, 1.82) is 0 Å². The molecule has 2 rings (SSSR count). The van der Waals surface area contributed by atoms with Gasteiger partial charge in [0.2, 0.25) is 0 Å². The van der Waals surface area contributed by atoms with Gasteiger partial charge in [-0.3, -0.25) is 14.9 Å². The zero-order valence-corrected chi connectivity index (χ0v) is 12.7. The Bertz CT molecular complexity index is 639. The third kappa shape index (κ3) is 4.13. The lowest BCUT2D eigenvalue weighted by Gasteiger charge is -2.06. The first-order valence-corrected chi connectivity index (χ1v) is 7.39. The van der Waals surface area contributed by atoms with Crippen molar-refractivity contribution in [3.8, 4) is 0 Å². The number of nitrogens with one attached hydrogen (secondary N) is 1. The van der Waals surface area contributed by atoms with Crippen molar-refractivity contribution in [3.05, 3.63) is 75.3 Å². The number of alkyl halides is 1. The summed E-state index contributed by atoms with van der Waals surface area (Å²) in [7, 11) is 0. The predicted octanol–water partition coefficient (Wildman–Crippen LogP) is 3.42. The van der Waals surface area contributed by atoms with Crippen molar-refractivity contribution in [3.63, 3.8) is 0 Å². The van der Waals surface area contributed by atoms with Gasteiger partial charge in [-0.2, -0.15) is 0 Å². The summed E-state index contributed by atoms with van der Waals surface area (Å²) < 4.78 is 0. The monoisotopic (exact) mass is 348 g/mol. The quantitative estimate of drug-likeness (QED) is 0.511. The first kappa shape index (κ1) is 15.2. The number of nitro benzene ring substituents is 1. The topological polar surface area (TPSA) is 72.2 Å². The van der Waals surface area contributed by atoms with Crippen LogP contribution in [-0.4, -0.2) is 10.8 Å². The first-order chi connectivity index (χ1) is 10.1. The molecule has 2 aromatic carbocycles. The molecule has 6 heteroatoms. The Morgan fingerprint density at radius 3 is 2.14 bits per heavy atom. The molecule has 0 saturated carbocycles. The van der Waals surface area contributed by atoms with Crippen LogP contribution in [0.25, 0.3) is 0 Å². The van der Waals surface area contributed by atoms with E-state index in [0.717, 1.165) is 16.5 Å². The van der Waals surface area contributed by atoms with E-state index in [1.54, 1.807) is 24.3 Å². The Kier molecular flexibility index (Phi) is 5.05. The number of amides is 1. The number of carbonyl (C=O) groups is 1. The summed E-state index contributed by atoms with van der Waals surface area (Å²) >= 11 is 3.35. The van der Waals surface area contributed by atoms with Gasteiger partial charge in [0.05, 0.1) is 4.92 Å². The fourth-order valence-electron chi connectivity index (χ4n) is 1.77. The lowest BCUT2D eigenvalue weighted by molar-refractivity contribution is -0.384. The molecule has 0 unspecified atom stereocenters. The van der Waals surface area contributed by atoms with E-state index in [9.17, 15) is 14.9 Å². The third-order valence-electron chi connectivity index (χ3n) is 2.97. The fourth-order valence-corrected chi connectivity index (χ4v) is 2.14. The van der Waals surface area contributed by atoms with E-state index < -0.39 is 4.92 Å². The minimum atomic E-state index is -0.451. The number of benzene rings is 2. The number of non-ortho nitro benzene ring substituents is 1. The van der Waals surface area contributed by atoms with Crippen LogP contribution in [0.4, 0.5) is 5.69 Å². The maximum atomic E-state index is 12.0. The molecular formula is C15H13BrN2O3. The SMILES string of the molecule is O=C(NCc1ccc([N+](=O)[O-])cc1)c1ccc(CBr)cc1. The van der Waals surface area contributed by atoms with Crippen molar-refractivity contribution in [1.82, 2.24) is 5.32 Å². The highest BCUT2D eigenvalue weighted by Gasteiger charge is 2.07. The highest BCUT2D eigenvalue weighted by Crippen LogP contribution is 2.12. The van der Waals surface area contributed by atoms with Gasteiger partial charge < -0.3 is 5.32 Å². The van der Waals surface area contributed by atoms with Gasteiger partial charge in [0.1, 0.15) is 0 Å². The minimum absolute atomic E-state index is 0.0374. The molecule has 1 amide bonds. The molecule has 5 nitrogen and oxygen atoms in total.